The zero-order valence-corrected chi connectivity index (χ0v) is 11.3. The van der Waals surface area contributed by atoms with E-state index in [0.717, 1.165) is 0 Å². The van der Waals surface area contributed by atoms with Crippen LogP contribution in [0.1, 0.15) is 17.3 Å². The fourth-order valence-electron chi connectivity index (χ4n) is 1.40. The van der Waals surface area contributed by atoms with Gasteiger partial charge in [-0.05, 0) is 6.07 Å². The highest BCUT2D eigenvalue weighted by Crippen LogP contribution is 2.22. The second-order valence-electron chi connectivity index (χ2n) is 3.70. The molecule has 0 aliphatic rings. The summed E-state index contributed by atoms with van der Waals surface area (Å²) in [5, 5.41) is 12.7. The van der Waals surface area contributed by atoms with Gasteiger partial charge < -0.3 is 5.32 Å². The number of hydrogen-bond acceptors (Lipinski definition) is 4. The molecule has 1 aromatic carbocycles. The number of rotatable bonds is 6. The Morgan fingerprint density at radius 3 is 2.65 bits per heavy atom. The Morgan fingerprint density at radius 1 is 1.45 bits per heavy atom. The first kappa shape index (κ1) is 16.2. The second-order valence-corrected chi connectivity index (χ2v) is 5.57. The molecule has 9 heteroatoms. The Kier molecular flexibility index (Phi) is 5.68. The molecule has 0 radical (unpaired) electrons. The van der Waals surface area contributed by atoms with E-state index in [2.05, 4.69) is 5.32 Å². The molecule has 1 atom stereocenters. The van der Waals surface area contributed by atoms with Gasteiger partial charge in [0.1, 0.15) is 11.4 Å². The summed E-state index contributed by atoms with van der Waals surface area (Å²) in [5.41, 5.74) is -1.99. The van der Waals surface area contributed by atoms with E-state index >= 15 is 0 Å². The van der Waals surface area contributed by atoms with Gasteiger partial charge in [0.15, 0.2) is 0 Å². The number of nitro benzene ring substituents is 1. The van der Waals surface area contributed by atoms with Crippen molar-refractivity contribution in [3.05, 3.63) is 39.4 Å². The van der Waals surface area contributed by atoms with Crippen LogP contribution in [0.5, 0.6) is 0 Å². The largest absolute Gasteiger partial charge is 0.351 e. The first-order valence-electron chi connectivity index (χ1n) is 5.64. The molecule has 110 valence electrons. The minimum Gasteiger partial charge on any atom is -0.351 e. The standard InChI is InChI=1S/C11H12F2N2O4S/c1-2-20(19)6-5-14-11(16)9-7(12)3-4-8(10(9)13)15(17)18/h3-4H,2,5-6H2,1H3,(H,14,16). The molecule has 1 unspecified atom stereocenters. The third kappa shape index (κ3) is 3.80. The molecule has 0 aromatic heterocycles. The normalized spacial score (nSPS) is 11.9. The molecule has 1 rings (SSSR count). The van der Waals surface area contributed by atoms with Gasteiger partial charge in [-0.2, -0.15) is 4.39 Å². The molecule has 0 spiro atoms. The Bertz CT molecular complexity index is 566. The summed E-state index contributed by atoms with van der Waals surface area (Å²) in [6, 6.07) is 1.30. The molecular weight excluding hydrogens is 294 g/mol. The monoisotopic (exact) mass is 306 g/mol. The van der Waals surface area contributed by atoms with Crippen LogP contribution in [0.4, 0.5) is 14.5 Å². The molecule has 1 amide bonds. The first-order chi connectivity index (χ1) is 9.38. The van der Waals surface area contributed by atoms with Crippen LogP contribution in [0.3, 0.4) is 0 Å². The van der Waals surface area contributed by atoms with Crippen molar-refractivity contribution in [1.82, 2.24) is 5.32 Å². The maximum absolute atomic E-state index is 13.7. The van der Waals surface area contributed by atoms with E-state index < -0.39 is 44.5 Å². The molecule has 1 aromatic rings. The van der Waals surface area contributed by atoms with Gasteiger partial charge in [0, 0.05) is 34.9 Å². The predicted octanol–water partition coefficient (Wildman–Crippen LogP) is 1.37. The quantitative estimate of drug-likeness (QED) is 0.635. The van der Waals surface area contributed by atoms with E-state index in [9.17, 15) is 27.9 Å². The number of amides is 1. The van der Waals surface area contributed by atoms with Gasteiger partial charge in [-0.15, -0.1) is 0 Å². The van der Waals surface area contributed by atoms with Crippen LogP contribution in [-0.2, 0) is 10.8 Å². The highest BCUT2D eigenvalue weighted by atomic mass is 32.2. The zero-order valence-electron chi connectivity index (χ0n) is 10.5. The fraction of sp³-hybridized carbons (Fsp3) is 0.364. The molecule has 0 heterocycles. The van der Waals surface area contributed by atoms with Gasteiger partial charge >= 0.3 is 5.69 Å². The van der Waals surface area contributed by atoms with Crippen LogP contribution in [0.15, 0.2) is 12.1 Å². The molecule has 0 bridgehead atoms. The molecule has 0 saturated heterocycles. The average molecular weight is 306 g/mol. The van der Waals surface area contributed by atoms with E-state index in [1.165, 1.54) is 0 Å². The van der Waals surface area contributed by atoms with Crippen molar-refractivity contribution in [2.75, 3.05) is 18.1 Å². The van der Waals surface area contributed by atoms with Crippen molar-refractivity contribution in [3.8, 4) is 0 Å². The molecule has 1 N–H and O–H groups in total. The number of hydrogen-bond donors (Lipinski definition) is 1. The number of nitrogens with zero attached hydrogens (tertiary/aromatic N) is 1. The maximum atomic E-state index is 13.7. The first-order valence-corrected chi connectivity index (χ1v) is 7.12. The summed E-state index contributed by atoms with van der Waals surface area (Å²) in [6.07, 6.45) is 0. The SMILES string of the molecule is CCS(=O)CCNC(=O)c1c(F)ccc([N+](=O)[O-])c1F. The Labute approximate surface area is 115 Å². The fourth-order valence-corrected chi connectivity index (χ4v) is 2.02. The minimum atomic E-state index is -1.52. The van der Waals surface area contributed by atoms with E-state index in [0.29, 0.717) is 17.9 Å². The summed E-state index contributed by atoms with van der Waals surface area (Å²) in [7, 11) is -1.13. The summed E-state index contributed by atoms with van der Waals surface area (Å²) in [6.45, 7) is 1.65. The van der Waals surface area contributed by atoms with Crippen molar-refractivity contribution in [2.45, 2.75) is 6.92 Å². The second kappa shape index (κ2) is 7.04. The van der Waals surface area contributed by atoms with Gasteiger partial charge in [-0.1, -0.05) is 6.92 Å². The van der Waals surface area contributed by atoms with Crippen molar-refractivity contribution >= 4 is 22.4 Å². The van der Waals surface area contributed by atoms with Crippen LogP contribution in [0.25, 0.3) is 0 Å². The summed E-state index contributed by atoms with van der Waals surface area (Å²) in [4.78, 5) is 21.1. The number of carbonyl (C=O) groups is 1. The number of halogens is 2. The number of nitrogens with one attached hydrogen (secondary N) is 1. The van der Waals surface area contributed by atoms with Crippen molar-refractivity contribution in [1.29, 1.82) is 0 Å². The lowest BCUT2D eigenvalue weighted by atomic mass is 10.1. The smallest absolute Gasteiger partial charge is 0.305 e. The van der Waals surface area contributed by atoms with Crippen LogP contribution >= 0.6 is 0 Å². The lowest BCUT2D eigenvalue weighted by Crippen LogP contribution is -2.29. The molecule has 0 saturated carbocycles. The highest BCUT2D eigenvalue weighted by Gasteiger charge is 2.25. The van der Waals surface area contributed by atoms with Crippen molar-refractivity contribution < 1.29 is 22.7 Å². The van der Waals surface area contributed by atoms with Gasteiger partial charge in [0.2, 0.25) is 5.82 Å². The number of benzene rings is 1. The lowest BCUT2D eigenvalue weighted by molar-refractivity contribution is -0.387. The van der Waals surface area contributed by atoms with Gasteiger partial charge in [-0.25, -0.2) is 4.39 Å². The average Bonchev–Trinajstić information content (AvgIpc) is 2.38. The third-order valence-corrected chi connectivity index (χ3v) is 3.74. The molecule has 0 aliphatic carbocycles. The van der Waals surface area contributed by atoms with Crippen LogP contribution in [0.2, 0.25) is 0 Å². The van der Waals surface area contributed by atoms with Crippen LogP contribution in [-0.4, -0.2) is 33.1 Å². The van der Waals surface area contributed by atoms with E-state index in [1.807, 2.05) is 0 Å². The highest BCUT2D eigenvalue weighted by molar-refractivity contribution is 7.84. The van der Waals surface area contributed by atoms with E-state index in [1.54, 1.807) is 6.92 Å². The summed E-state index contributed by atoms with van der Waals surface area (Å²) in [5.74, 6) is -3.29. The zero-order chi connectivity index (χ0) is 15.3. The van der Waals surface area contributed by atoms with Crippen molar-refractivity contribution in [2.24, 2.45) is 0 Å². The molecular formula is C11H12F2N2O4S. The summed E-state index contributed by atoms with van der Waals surface area (Å²) >= 11 is 0. The maximum Gasteiger partial charge on any atom is 0.305 e. The Morgan fingerprint density at radius 2 is 2.10 bits per heavy atom. The molecule has 0 aliphatic heterocycles. The van der Waals surface area contributed by atoms with Crippen LogP contribution in [0, 0.1) is 21.7 Å². The third-order valence-electron chi connectivity index (χ3n) is 2.43. The van der Waals surface area contributed by atoms with E-state index in [-0.39, 0.29) is 12.3 Å². The number of nitro groups is 1. The minimum absolute atomic E-state index is 0.0408. The molecule has 0 fully saturated rings. The summed E-state index contributed by atoms with van der Waals surface area (Å²) < 4.78 is 38.2. The molecule has 20 heavy (non-hydrogen) atoms. The van der Waals surface area contributed by atoms with Crippen LogP contribution < -0.4 is 5.32 Å². The van der Waals surface area contributed by atoms with Crippen molar-refractivity contribution in [3.63, 3.8) is 0 Å². The Balaban J connectivity index is 2.90. The van der Waals surface area contributed by atoms with E-state index in [4.69, 9.17) is 0 Å². The lowest BCUT2D eigenvalue weighted by Gasteiger charge is -2.07. The molecule has 6 nitrogen and oxygen atoms in total. The van der Waals surface area contributed by atoms with Gasteiger partial charge in [0.25, 0.3) is 5.91 Å². The Hall–Kier alpha value is -1.90. The van der Waals surface area contributed by atoms with Gasteiger partial charge in [-0.3, -0.25) is 19.1 Å². The number of carbonyl (C=O) groups excluding carboxylic acids is 1. The predicted molar refractivity (Wildman–Crippen MR) is 68.9 cm³/mol. The topological polar surface area (TPSA) is 89.3 Å². The van der Waals surface area contributed by atoms with Gasteiger partial charge in [0.05, 0.1) is 4.92 Å².